The van der Waals surface area contributed by atoms with Crippen LogP contribution in [0.5, 0.6) is 5.75 Å². The number of benzene rings is 1. The number of ether oxygens (including phenoxy) is 1. The molecule has 0 radical (unpaired) electrons. The van der Waals surface area contributed by atoms with Gasteiger partial charge in [0, 0.05) is 6.26 Å². The van der Waals surface area contributed by atoms with Crippen molar-refractivity contribution in [3.05, 3.63) is 29.1 Å². The summed E-state index contributed by atoms with van der Waals surface area (Å²) in [4.78, 5) is 4.17. The van der Waals surface area contributed by atoms with Gasteiger partial charge in [0.15, 0.2) is 9.84 Å². The minimum Gasteiger partial charge on any atom is -0.494 e. The van der Waals surface area contributed by atoms with Gasteiger partial charge in [-0.15, -0.1) is 0 Å². The van der Waals surface area contributed by atoms with E-state index in [4.69, 9.17) is 20.9 Å². The number of para-hydroxylation sites is 1. The molecule has 0 aliphatic rings. The minimum absolute atomic E-state index is 0.0158. The van der Waals surface area contributed by atoms with Crippen molar-refractivity contribution in [2.24, 2.45) is 0 Å². The molecule has 0 unspecified atom stereocenters. The van der Waals surface area contributed by atoms with Crippen LogP contribution >= 0.6 is 11.6 Å². The first-order chi connectivity index (χ1) is 9.68. The van der Waals surface area contributed by atoms with Crippen LogP contribution in [0, 0.1) is 0 Å². The Morgan fingerprint density at radius 1 is 1.33 bits per heavy atom. The first kappa shape index (κ1) is 15.8. The fourth-order valence-corrected chi connectivity index (χ4v) is 2.28. The smallest absolute Gasteiger partial charge is 0.247 e. The monoisotopic (exact) mass is 330 g/mol. The summed E-state index contributed by atoms with van der Waals surface area (Å²) in [6.07, 6.45) is 1.12. The van der Waals surface area contributed by atoms with E-state index in [0.717, 1.165) is 6.26 Å². The van der Waals surface area contributed by atoms with E-state index in [0.29, 0.717) is 16.3 Å². The average Bonchev–Trinajstić information content (AvgIpc) is 2.87. The third kappa shape index (κ3) is 2.75. The number of rotatable bonds is 4. The van der Waals surface area contributed by atoms with Gasteiger partial charge in [0.25, 0.3) is 0 Å². The van der Waals surface area contributed by atoms with Gasteiger partial charge in [0.2, 0.25) is 11.7 Å². The molecule has 6 nitrogen and oxygen atoms in total. The van der Waals surface area contributed by atoms with Crippen LogP contribution in [-0.4, -0.2) is 31.9 Å². The predicted molar refractivity (Wildman–Crippen MR) is 79.2 cm³/mol. The lowest BCUT2D eigenvalue weighted by Gasteiger charge is -2.16. The summed E-state index contributed by atoms with van der Waals surface area (Å²) in [6, 6.07) is 5.11. The van der Waals surface area contributed by atoms with Crippen molar-refractivity contribution in [3.63, 3.8) is 0 Å². The molecular weight excluding hydrogens is 316 g/mol. The summed E-state index contributed by atoms with van der Waals surface area (Å²) in [5, 5.41) is 4.23. The molecule has 21 heavy (non-hydrogen) atoms. The Hall–Kier alpha value is -1.60. The van der Waals surface area contributed by atoms with Crippen LogP contribution in [0.15, 0.2) is 22.7 Å². The number of sulfone groups is 1. The fourth-order valence-electron chi connectivity index (χ4n) is 1.63. The normalized spacial score (nSPS) is 12.4. The zero-order valence-corrected chi connectivity index (χ0v) is 13.6. The standard InChI is InChI=1S/C13H15ClN2O4S/c1-13(2,21(4,17)18)12-15-11(16-20-12)8-6-5-7-9(14)10(8)19-3/h5-7H,1-4H3. The second-order valence-corrected chi connectivity index (χ2v) is 8.00. The van der Waals surface area contributed by atoms with E-state index < -0.39 is 14.6 Å². The number of hydrogen-bond donors (Lipinski definition) is 0. The van der Waals surface area contributed by atoms with Gasteiger partial charge in [-0.25, -0.2) is 8.42 Å². The molecule has 1 heterocycles. The van der Waals surface area contributed by atoms with Gasteiger partial charge >= 0.3 is 0 Å². The van der Waals surface area contributed by atoms with Crippen LogP contribution in [0.4, 0.5) is 0 Å². The first-order valence-electron chi connectivity index (χ1n) is 6.05. The van der Waals surface area contributed by atoms with E-state index in [-0.39, 0.29) is 11.7 Å². The van der Waals surface area contributed by atoms with Gasteiger partial charge in [0.05, 0.1) is 17.7 Å². The maximum atomic E-state index is 11.8. The SMILES string of the molecule is COc1c(Cl)cccc1-c1noc(C(C)(C)S(C)(=O)=O)n1. The largest absolute Gasteiger partial charge is 0.494 e. The van der Waals surface area contributed by atoms with Crippen molar-refractivity contribution in [2.45, 2.75) is 18.6 Å². The van der Waals surface area contributed by atoms with Crippen LogP contribution in [0.25, 0.3) is 11.4 Å². The van der Waals surface area contributed by atoms with Crippen LogP contribution in [-0.2, 0) is 14.6 Å². The van der Waals surface area contributed by atoms with E-state index in [2.05, 4.69) is 10.1 Å². The highest BCUT2D eigenvalue weighted by atomic mass is 35.5. The molecule has 0 saturated heterocycles. The van der Waals surface area contributed by atoms with E-state index >= 15 is 0 Å². The molecule has 0 bridgehead atoms. The molecule has 0 fully saturated rings. The van der Waals surface area contributed by atoms with Gasteiger partial charge in [-0.2, -0.15) is 4.98 Å². The van der Waals surface area contributed by atoms with E-state index in [1.54, 1.807) is 18.2 Å². The molecule has 0 aliphatic carbocycles. The van der Waals surface area contributed by atoms with E-state index in [1.807, 2.05) is 0 Å². The van der Waals surface area contributed by atoms with Crippen molar-refractivity contribution in [1.29, 1.82) is 0 Å². The van der Waals surface area contributed by atoms with Crippen LogP contribution in [0.3, 0.4) is 0 Å². The molecule has 2 rings (SSSR count). The molecule has 8 heteroatoms. The number of aromatic nitrogens is 2. The third-order valence-electron chi connectivity index (χ3n) is 3.28. The number of hydrogen-bond acceptors (Lipinski definition) is 6. The molecule has 114 valence electrons. The molecule has 2 aromatic rings. The Labute approximate surface area is 128 Å². The van der Waals surface area contributed by atoms with Gasteiger partial charge in [0.1, 0.15) is 10.5 Å². The topological polar surface area (TPSA) is 82.3 Å². The summed E-state index contributed by atoms with van der Waals surface area (Å²) in [7, 11) is -1.92. The Morgan fingerprint density at radius 2 is 2.00 bits per heavy atom. The summed E-state index contributed by atoms with van der Waals surface area (Å²) in [6.45, 7) is 3.02. The van der Waals surface area contributed by atoms with Crippen LogP contribution < -0.4 is 4.74 Å². The average molecular weight is 331 g/mol. The zero-order chi connectivity index (χ0) is 15.8. The van der Waals surface area contributed by atoms with Crippen molar-refractivity contribution in [3.8, 4) is 17.1 Å². The molecule has 1 aromatic carbocycles. The quantitative estimate of drug-likeness (QED) is 0.857. The lowest BCUT2D eigenvalue weighted by molar-refractivity contribution is 0.347. The number of methoxy groups -OCH3 is 1. The van der Waals surface area contributed by atoms with Gasteiger partial charge in [-0.05, 0) is 26.0 Å². The minimum atomic E-state index is -3.40. The Kier molecular flexibility index (Phi) is 3.99. The molecule has 0 saturated carbocycles. The Morgan fingerprint density at radius 3 is 2.57 bits per heavy atom. The summed E-state index contributed by atoms with van der Waals surface area (Å²) >= 11 is 6.04. The van der Waals surface area contributed by atoms with Crippen molar-refractivity contribution in [1.82, 2.24) is 10.1 Å². The van der Waals surface area contributed by atoms with Gasteiger partial charge < -0.3 is 9.26 Å². The number of halogens is 1. The first-order valence-corrected chi connectivity index (χ1v) is 8.32. The second-order valence-electron chi connectivity index (χ2n) is 5.03. The molecular formula is C13H15ClN2O4S. The Balaban J connectivity index is 2.54. The highest BCUT2D eigenvalue weighted by Gasteiger charge is 2.38. The second kappa shape index (κ2) is 5.31. The van der Waals surface area contributed by atoms with Crippen molar-refractivity contribution in [2.75, 3.05) is 13.4 Å². The molecule has 1 aromatic heterocycles. The number of nitrogens with zero attached hydrogens (tertiary/aromatic N) is 2. The van der Waals surface area contributed by atoms with Crippen molar-refractivity contribution < 1.29 is 17.7 Å². The third-order valence-corrected chi connectivity index (χ3v) is 5.61. The lowest BCUT2D eigenvalue weighted by atomic mass is 10.2. The molecule has 0 N–H and O–H groups in total. The summed E-state index contributed by atoms with van der Waals surface area (Å²) in [5.41, 5.74) is 0.532. The molecule has 0 spiro atoms. The fraction of sp³-hybridized carbons (Fsp3) is 0.385. The van der Waals surface area contributed by atoms with Gasteiger partial charge in [-0.3, -0.25) is 0 Å². The van der Waals surface area contributed by atoms with E-state index in [9.17, 15) is 8.42 Å². The Bertz CT molecular complexity index is 768. The summed E-state index contributed by atoms with van der Waals surface area (Å²) < 4.78 is 32.7. The maximum Gasteiger partial charge on any atom is 0.247 e. The highest BCUT2D eigenvalue weighted by Crippen LogP contribution is 2.36. The molecule has 0 amide bonds. The molecule has 0 aliphatic heterocycles. The highest BCUT2D eigenvalue weighted by molar-refractivity contribution is 7.91. The zero-order valence-electron chi connectivity index (χ0n) is 12.0. The lowest BCUT2D eigenvalue weighted by Crippen LogP contribution is -2.28. The van der Waals surface area contributed by atoms with Gasteiger partial charge in [-0.1, -0.05) is 22.8 Å². The predicted octanol–water partition coefficient (Wildman–Crippen LogP) is 2.68. The summed E-state index contributed by atoms with van der Waals surface area (Å²) in [5.74, 6) is 0.645. The van der Waals surface area contributed by atoms with Crippen LogP contribution in [0.2, 0.25) is 5.02 Å². The molecule has 0 atom stereocenters. The van der Waals surface area contributed by atoms with E-state index in [1.165, 1.54) is 21.0 Å². The van der Waals surface area contributed by atoms with Crippen LogP contribution in [0.1, 0.15) is 19.7 Å². The maximum absolute atomic E-state index is 11.8. The van der Waals surface area contributed by atoms with Crippen molar-refractivity contribution >= 4 is 21.4 Å².